The van der Waals surface area contributed by atoms with E-state index in [1.54, 1.807) is 6.92 Å². The molecule has 1 aliphatic carbocycles. The molecule has 12 heteroatoms. The van der Waals surface area contributed by atoms with E-state index in [-0.39, 0.29) is 6.61 Å². The Morgan fingerprint density at radius 3 is 2.50 bits per heavy atom. The maximum Gasteiger partial charge on any atom is 0.469 e. The molecule has 0 radical (unpaired) electrons. The molecule has 3 aromatic rings. The quantitative estimate of drug-likeness (QED) is 0.349. The van der Waals surface area contributed by atoms with Gasteiger partial charge < -0.3 is 20.0 Å². The van der Waals surface area contributed by atoms with Crippen LogP contribution in [0.15, 0.2) is 28.8 Å². The van der Waals surface area contributed by atoms with Crippen LogP contribution in [0, 0.1) is 5.92 Å². The number of phosphoric ester groups is 1. The smallest absolute Gasteiger partial charge is 0.339 e. The Bertz CT molecular complexity index is 1130. The molecule has 10 nitrogen and oxygen atoms in total. The fourth-order valence-electron chi connectivity index (χ4n) is 4.24. The molecule has 2 heterocycles. The van der Waals surface area contributed by atoms with Gasteiger partial charge in [0.2, 0.25) is 11.7 Å². The van der Waals surface area contributed by atoms with Gasteiger partial charge >= 0.3 is 7.82 Å². The molecule has 0 bridgehead atoms. The first-order valence-electron chi connectivity index (χ1n) is 11.4. The van der Waals surface area contributed by atoms with Crippen molar-refractivity contribution < 1.29 is 23.4 Å². The van der Waals surface area contributed by atoms with Gasteiger partial charge in [0.05, 0.1) is 12.1 Å². The van der Waals surface area contributed by atoms with Crippen LogP contribution in [-0.4, -0.2) is 36.7 Å². The molecule has 0 unspecified atom stereocenters. The number of nitrogens with two attached hydrogens (primary N) is 1. The van der Waals surface area contributed by atoms with Gasteiger partial charge in [-0.3, -0.25) is 4.52 Å². The van der Waals surface area contributed by atoms with Crippen LogP contribution in [-0.2, 0) is 14.6 Å². The summed E-state index contributed by atoms with van der Waals surface area (Å²) in [5.41, 5.74) is 6.63. The highest BCUT2D eigenvalue weighted by atomic mass is 32.1. The van der Waals surface area contributed by atoms with Gasteiger partial charge in [-0.15, -0.1) is 10.2 Å². The Kier molecular flexibility index (Phi) is 7.61. The van der Waals surface area contributed by atoms with E-state index in [1.165, 1.54) is 37.0 Å². The van der Waals surface area contributed by atoms with Crippen LogP contribution >= 0.6 is 19.2 Å². The van der Waals surface area contributed by atoms with Crippen LogP contribution in [0.2, 0.25) is 0 Å². The normalized spacial score (nSPS) is 20.9. The highest BCUT2D eigenvalue weighted by Crippen LogP contribution is 2.39. The van der Waals surface area contributed by atoms with E-state index in [4.69, 9.17) is 20.0 Å². The third-order valence-electron chi connectivity index (χ3n) is 6.17. The first-order chi connectivity index (χ1) is 16.1. The zero-order valence-corrected chi connectivity index (χ0v) is 21.0. The SMILES string of the molecule is CCC[C@H]1CC[C@H](c2nc(-c3ccc(-c4nnc([C@@](C)(N)COP(=O)(O)O)s4)cc3)no2)CC1. The Morgan fingerprint density at radius 1 is 1.18 bits per heavy atom. The number of phosphoric acid groups is 1. The van der Waals surface area contributed by atoms with Crippen molar-refractivity contribution in [3.8, 4) is 22.0 Å². The highest BCUT2D eigenvalue weighted by Gasteiger charge is 2.30. The van der Waals surface area contributed by atoms with E-state index < -0.39 is 13.4 Å². The van der Waals surface area contributed by atoms with Crippen molar-refractivity contribution in [2.75, 3.05) is 6.61 Å². The lowest BCUT2D eigenvalue weighted by Gasteiger charge is -2.25. The van der Waals surface area contributed by atoms with E-state index in [9.17, 15) is 4.57 Å². The summed E-state index contributed by atoms with van der Waals surface area (Å²) in [6.45, 7) is 3.44. The minimum atomic E-state index is -4.63. The lowest BCUT2D eigenvalue weighted by molar-refractivity contribution is 0.158. The molecule has 1 fully saturated rings. The third-order valence-corrected chi connectivity index (χ3v) is 7.89. The first kappa shape index (κ1) is 25.1. The van der Waals surface area contributed by atoms with Crippen LogP contribution in [0.3, 0.4) is 0 Å². The van der Waals surface area contributed by atoms with Crippen molar-refractivity contribution >= 4 is 19.2 Å². The zero-order chi connectivity index (χ0) is 24.3. The fraction of sp³-hybridized carbons (Fsp3) is 0.545. The number of hydrogen-bond acceptors (Lipinski definition) is 9. The predicted molar refractivity (Wildman–Crippen MR) is 128 cm³/mol. The van der Waals surface area contributed by atoms with Gasteiger partial charge in [-0.25, -0.2) is 4.57 Å². The molecule has 34 heavy (non-hydrogen) atoms. The van der Waals surface area contributed by atoms with Gasteiger partial charge in [0.1, 0.15) is 10.0 Å². The molecule has 0 aliphatic heterocycles. The highest BCUT2D eigenvalue weighted by molar-refractivity contribution is 7.46. The molecule has 1 saturated carbocycles. The number of rotatable bonds is 9. The minimum absolute atomic E-state index is 0.341. The molecule has 0 saturated heterocycles. The Hall–Kier alpha value is -2.01. The van der Waals surface area contributed by atoms with Crippen molar-refractivity contribution in [1.82, 2.24) is 20.3 Å². The summed E-state index contributed by atoms with van der Waals surface area (Å²) in [4.78, 5) is 22.5. The largest absolute Gasteiger partial charge is 0.469 e. The standard InChI is InChI=1S/C22H30N5O5PS/c1-3-4-14-5-7-16(8-6-14)19-24-18(27-32-19)15-9-11-17(12-10-15)20-25-26-21(34-20)22(2,23)13-31-33(28,29)30/h9-12,14,16H,3-8,13,23H2,1-2H3,(H2,28,29,30)/t14-,16-,22-/m0/s1. The summed E-state index contributed by atoms with van der Waals surface area (Å²) in [6.07, 6.45) is 7.19. The van der Waals surface area contributed by atoms with Gasteiger partial charge in [0.25, 0.3) is 0 Å². The number of aromatic nitrogens is 4. The van der Waals surface area contributed by atoms with Gasteiger partial charge in [0.15, 0.2) is 0 Å². The molecule has 1 atom stereocenters. The number of benzene rings is 1. The van der Waals surface area contributed by atoms with E-state index in [0.29, 0.717) is 21.8 Å². The fourth-order valence-corrected chi connectivity index (χ4v) is 5.57. The molecule has 4 rings (SSSR count). The molecule has 1 aliphatic rings. The van der Waals surface area contributed by atoms with Gasteiger partial charge in [-0.1, -0.05) is 60.5 Å². The predicted octanol–water partition coefficient (Wildman–Crippen LogP) is 4.61. The molecule has 0 spiro atoms. The average molecular weight is 508 g/mol. The topological polar surface area (TPSA) is 157 Å². The first-order valence-corrected chi connectivity index (χ1v) is 13.8. The van der Waals surface area contributed by atoms with Gasteiger partial charge in [-0.05, 0) is 38.5 Å². The maximum absolute atomic E-state index is 11.0. The van der Waals surface area contributed by atoms with E-state index >= 15 is 0 Å². The summed E-state index contributed by atoms with van der Waals surface area (Å²) in [5, 5.41) is 13.5. The van der Waals surface area contributed by atoms with Crippen molar-refractivity contribution in [2.45, 2.75) is 63.8 Å². The molecule has 0 amide bonds. The van der Waals surface area contributed by atoms with Crippen LogP contribution in [0.1, 0.15) is 69.2 Å². The molecule has 2 aromatic heterocycles. The van der Waals surface area contributed by atoms with E-state index in [0.717, 1.165) is 35.8 Å². The van der Waals surface area contributed by atoms with Crippen molar-refractivity contribution in [1.29, 1.82) is 0 Å². The summed E-state index contributed by atoms with van der Waals surface area (Å²) >= 11 is 1.24. The summed E-state index contributed by atoms with van der Waals surface area (Å²) in [5.74, 6) is 2.46. The van der Waals surface area contributed by atoms with Crippen LogP contribution in [0.5, 0.6) is 0 Å². The lowest BCUT2D eigenvalue weighted by atomic mass is 9.80. The summed E-state index contributed by atoms with van der Waals surface area (Å²) < 4.78 is 21.1. The Balaban J connectivity index is 1.41. The van der Waals surface area contributed by atoms with E-state index in [1.807, 2.05) is 24.3 Å². The van der Waals surface area contributed by atoms with Gasteiger partial charge in [0, 0.05) is 17.0 Å². The monoisotopic (exact) mass is 507 g/mol. The second-order valence-corrected chi connectivity index (χ2v) is 11.4. The second kappa shape index (κ2) is 10.3. The Labute approximate surface area is 202 Å². The van der Waals surface area contributed by atoms with Crippen molar-refractivity contribution in [3.05, 3.63) is 35.2 Å². The molecular formula is C22H30N5O5PS. The molecule has 4 N–H and O–H groups in total. The van der Waals surface area contributed by atoms with Crippen LogP contribution < -0.4 is 5.73 Å². The molecule has 184 valence electrons. The van der Waals surface area contributed by atoms with Crippen LogP contribution in [0.4, 0.5) is 0 Å². The average Bonchev–Trinajstić information content (AvgIpc) is 3.49. The number of hydrogen-bond donors (Lipinski definition) is 3. The Morgan fingerprint density at radius 2 is 1.85 bits per heavy atom. The second-order valence-electron chi connectivity index (χ2n) is 9.13. The van der Waals surface area contributed by atoms with Crippen molar-refractivity contribution in [3.63, 3.8) is 0 Å². The van der Waals surface area contributed by atoms with E-state index in [2.05, 4.69) is 31.8 Å². The third kappa shape index (κ3) is 6.16. The zero-order valence-electron chi connectivity index (χ0n) is 19.3. The van der Waals surface area contributed by atoms with Gasteiger partial charge in [-0.2, -0.15) is 4.98 Å². The summed E-state index contributed by atoms with van der Waals surface area (Å²) in [7, 11) is -4.63. The maximum atomic E-state index is 11.0. The van der Waals surface area contributed by atoms with Crippen LogP contribution in [0.25, 0.3) is 22.0 Å². The number of nitrogens with zero attached hydrogens (tertiary/aromatic N) is 4. The summed E-state index contributed by atoms with van der Waals surface area (Å²) in [6, 6.07) is 7.60. The van der Waals surface area contributed by atoms with Crippen molar-refractivity contribution in [2.24, 2.45) is 11.7 Å². The molecule has 1 aromatic carbocycles. The lowest BCUT2D eigenvalue weighted by Crippen LogP contribution is -2.37. The minimum Gasteiger partial charge on any atom is -0.339 e. The molecular weight excluding hydrogens is 477 g/mol.